The van der Waals surface area contributed by atoms with Gasteiger partial charge in [0.2, 0.25) is 0 Å². The van der Waals surface area contributed by atoms with Crippen molar-refractivity contribution in [1.29, 1.82) is 0 Å². The molecule has 130 valence electrons. The Hall–Kier alpha value is -1.70. The van der Waals surface area contributed by atoms with Crippen molar-refractivity contribution in [3.8, 4) is 0 Å². The lowest BCUT2D eigenvalue weighted by molar-refractivity contribution is 0.0960. The number of hydrogen-bond donors (Lipinski definition) is 1. The summed E-state index contributed by atoms with van der Waals surface area (Å²) in [6.45, 7) is 7.06. The molecule has 1 aromatic heterocycles. The second-order valence-corrected chi connectivity index (χ2v) is 8.46. The van der Waals surface area contributed by atoms with Gasteiger partial charge in [-0.25, -0.2) is 13.4 Å². The summed E-state index contributed by atoms with van der Waals surface area (Å²) in [5.74, 6) is 1.04. The molecule has 1 aliphatic heterocycles. The highest BCUT2D eigenvalue weighted by Crippen LogP contribution is 2.21. The topological polar surface area (TPSA) is 75.4 Å². The van der Waals surface area contributed by atoms with E-state index in [1.807, 2.05) is 6.92 Å². The molecule has 1 N–H and O–H groups in total. The Labute approximate surface area is 142 Å². The van der Waals surface area contributed by atoms with E-state index in [1.54, 1.807) is 24.3 Å². The predicted molar refractivity (Wildman–Crippen MR) is 91.5 cm³/mol. The van der Waals surface area contributed by atoms with Crippen molar-refractivity contribution in [1.82, 2.24) is 14.5 Å². The van der Waals surface area contributed by atoms with Gasteiger partial charge in [0, 0.05) is 31.6 Å². The number of benzene rings is 1. The fraction of sp³-hybridized carbons (Fsp3) is 0.471. The van der Waals surface area contributed by atoms with Gasteiger partial charge in [0.05, 0.1) is 23.2 Å². The van der Waals surface area contributed by atoms with Crippen molar-refractivity contribution in [2.24, 2.45) is 0 Å². The Morgan fingerprint density at radius 2 is 1.88 bits per heavy atom. The number of aryl methyl sites for hydroxylation is 1. The molecule has 0 amide bonds. The largest absolute Gasteiger partial charge is 0.387 e. The molecule has 6 nitrogen and oxygen atoms in total. The van der Waals surface area contributed by atoms with Crippen LogP contribution in [0, 0.1) is 13.8 Å². The van der Waals surface area contributed by atoms with Crippen molar-refractivity contribution < 1.29 is 13.5 Å². The Morgan fingerprint density at radius 3 is 2.50 bits per heavy atom. The normalized spacial score (nSPS) is 16.8. The van der Waals surface area contributed by atoms with Crippen LogP contribution in [-0.4, -0.2) is 47.3 Å². The standard InChI is InChI=1S/C17H23N3O3S/c1-12-13(2)20-9-8-19(11-17(20)18-12)10-16(21)14-4-6-15(7-5-14)24(3,22)23/h4-7,16,21H,8-11H2,1-3H3. The number of nitrogens with zero attached hydrogens (tertiary/aromatic N) is 3. The van der Waals surface area contributed by atoms with Crippen LogP contribution >= 0.6 is 0 Å². The highest BCUT2D eigenvalue weighted by atomic mass is 32.2. The lowest BCUT2D eigenvalue weighted by Crippen LogP contribution is -2.36. The first-order valence-electron chi connectivity index (χ1n) is 7.99. The predicted octanol–water partition coefficient (Wildman–Crippen LogP) is 1.45. The second-order valence-electron chi connectivity index (χ2n) is 6.44. The SMILES string of the molecule is Cc1nc2n(c1C)CCN(CC(O)c1ccc(S(C)(=O)=O)cc1)C2. The first kappa shape index (κ1) is 17.1. The molecule has 1 aromatic carbocycles. The molecule has 1 atom stereocenters. The Kier molecular flexibility index (Phi) is 4.50. The van der Waals surface area contributed by atoms with E-state index in [4.69, 9.17) is 0 Å². The summed E-state index contributed by atoms with van der Waals surface area (Å²) < 4.78 is 25.2. The van der Waals surface area contributed by atoms with Crippen LogP contribution in [0.5, 0.6) is 0 Å². The van der Waals surface area contributed by atoms with E-state index in [0.717, 1.165) is 30.2 Å². The van der Waals surface area contributed by atoms with Crippen LogP contribution in [0.2, 0.25) is 0 Å². The molecular weight excluding hydrogens is 326 g/mol. The minimum Gasteiger partial charge on any atom is -0.387 e. The number of sulfone groups is 1. The smallest absolute Gasteiger partial charge is 0.175 e. The quantitative estimate of drug-likeness (QED) is 0.904. The number of rotatable bonds is 4. The summed E-state index contributed by atoms with van der Waals surface area (Å²) >= 11 is 0. The van der Waals surface area contributed by atoms with Crippen LogP contribution in [0.25, 0.3) is 0 Å². The third-order valence-corrected chi connectivity index (χ3v) is 5.79. The molecule has 0 fully saturated rings. The molecule has 2 aromatic rings. The van der Waals surface area contributed by atoms with Crippen molar-refractivity contribution in [3.63, 3.8) is 0 Å². The average Bonchev–Trinajstić information content (AvgIpc) is 2.81. The molecule has 0 bridgehead atoms. The molecular formula is C17H23N3O3S. The highest BCUT2D eigenvalue weighted by molar-refractivity contribution is 7.90. The van der Waals surface area contributed by atoms with Crippen LogP contribution < -0.4 is 0 Å². The van der Waals surface area contributed by atoms with Gasteiger partial charge in [-0.2, -0.15) is 0 Å². The Balaban J connectivity index is 1.68. The van der Waals surface area contributed by atoms with Crippen molar-refractivity contribution >= 4 is 9.84 Å². The molecule has 0 saturated carbocycles. The lowest BCUT2D eigenvalue weighted by atomic mass is 10.1. The minimum absolute atomic E-state index is 0.268. The maximum absolute atomic E-state index is 11.5. The average molecular weight is 349 g/mol. The van der Waals surface area contributed by atoms with Crippen molar-refractivity contribution in [2.45, 2.75) is 37.9 Å². The van der Waals surface area contributed by atoms with Crippen LogP contribution in [0.1, 0.15) is 28.9 Å². The first-order chi connectivity index (χ1) is 11.3. The Morgan fingerprint density at radius 1 is 1.21 bits per heavy atom. The molecule has 0 saturated heterocycles. The zero-order valence-corrected chi connectivity index (χ0v) is 15.0. The van der Waals surface area contributed by atoms with Gasteiger partial charge in [-0.05, 0) is 31.5 Å². The molecule has 0 spiro atoms. The first-order valence-corrected chi connectivity index (χ1v) is 9.88. The van der Waals surface area contributed by atoms with Gasteiger partial charge in [0.15, 0.2) is 9.84 Å². The van der Waals surface area contributed by atoms with Gasteiger partial charge in [0.1, 0.15) is 5.82 Å². The number of hydrogen-bond acceptors (Lipinski definition) is 5. The van der Waals surface area contributed by atoms with E-state index in [0.29, 0.717) is 13.1 Å². The number of imidazole rings is 1. The van der Waals surface area contributed by atoms with Crippen molar-refractivity contribution in [2.75, 3.05) is 19.3 Å². The molecule has 3 rings (SSSR count). The number of aliphatic hydroxyl groups is 1. The molecule has 0 radical (unpaired) electrons. The lowest BCUT2D eigenvalue weighted by Gasteiger charge is -2.30. The van der Waals surface area contributed by atoms with Crippen molar-refractivity contribution in [3.05, 3.63) is 47.0 Å². The molecule has 2 heterocycles. The number of fused-ring (bicyclic) bond motifs is 1. The van der Waals surface area contributed by atoms with Crippen LogP contribution in [0.3, 0.4) is 0 Å². The highest BCUT2D eigenvalue weighted by Gasteiger charge is 2.22. The maximum Gasteiger partial charge on any atom is 0.175 e. The minimum atomic E-state index is -3.21. The number of aliphatic hydroxyl groups excluding tert-OH is 1. The fourth-order valence-electron chi connectivity index (χ4n) is 3.10. The van der Waals surface area contributed by atoms with Gasteiger partial charge in [-0.3, -0.25) is 4.90 Å². The van der Waals surface area contributed by atoms with E-state index in [2.05, 4.69) is 21.4 Å². The third kappa shape index (κ3) is 3.38. The zero-order valence-electron chi connectivity index (χ0n) is 14.2. The van der Waals surface area contributed by atoms with Crippen LogP contribution in [0.15, 0.2) is 29.2 Å². The molecule has 24 heavy (non-hydrogen) atoms. The summed E-state index contributed by atoms with van der Waals surface area (Å²) in [6, 6.07) is 6.45. The van der Waals surface area contributed by atoms with E-state index in [9.17, 15) is 13.5 Å². The van der Waals surface area contributed by atoms with E-state index < -0.39 is 15.9 Å². The third-order valence-electron chi connectivity index (χ3n) is 4.67. The van der Waals surface area contributed by atoms with Gasteiger partial charge in [-0.1, -0.05) is 12.1 Å². The zero-order chi connectivity index (χ0) is 17.5. The van der Waals surface area contributed by atoms with Gasteiger partial charge < -0.3 is 9.67 Å². The molecule has 0 aliphatic carbocycles. The van der Waals surface area contributed by atoms with Gasteiger partial charge in [-0.15, -0.1) is 0 Å². The summed E-state index contributed by atoms with van der Waals surface area (Å²) in [7, 11) is -3.21. The Bertz CT molecular complexity index is 841. The summed E-state index contributed by atoms with van der Waals surface area (Å²) in [5.41, 5.74) is 2.99. The summed E-state index contributed by atoms with van der Waals surface area (Å²) in [6.07, 6.45) is 0.528. The second kappa shape index (κ2) is 6.31. The fourth-order valence-corrected chi connectivity index (χ4v) is 3.74. The molecule has 1 aliphatic rings. The van der Waals surface area contributed by atoms with E-state index in [1.165, 1.54) is 11.9 Å². The van der Waals surface area contributed by atoms with Gasteiger partial charge in [0.25, 0.3) is 0 Å². The van der Waals surface area contributed by atoms with E-state index in [-0.39, 0.29) is 4.90 Å². The van der Waals surface area contributed by atoms with Crippen LogP contribution in [-0.2, 0) is 22.9 Å². The number of β-amino-alcohol motifs (C(OH)–C–C–N with tert-alkyl or cyclic N) is 1. The van der Waals surface area contributed by atoms with Gasteiger partial charge >= 0.3 is 0 Å². The van der Waals surface area contributed by atoms with Crippen LogP contribution in [0.4, 0.5) is 0 Å². The number of aromatic nitrogens is 2. The molecule has 1 unspecified atom stereocenters. The summed E-state index contributed by atoms with van der Waals surface area (Å²) in [5, 5.41) is 10.5. The monoisotopic (exact) mass is 349 g/mol. The summed E-state index contributed by atoms with van der Waals surface area (Å²) in [4.78, 5) is 7.04. The molecule has 7 heteroatoms. The van der Waals surface area contributed by atoms with E-state index >= 15 is 0 Å². The maximum atomic E-state index is 11.5.